The second-order valence-corrected chi connectivity index (χ2v) is 6.32. The highest BCUT2D eigenvalue weighted by molar-refractivity contribution is 5.94. The summed E-state index contributed by atoms with van der Waals surface area (Å²) in [5.74, 6) is 0.617. The Morgan fingerprint density at radius 2 is 1.93 bits per heavy atom. The second kappa shape index (κ2) is 8.35. The fraction of sp³-hybridized carbons (Fsp3) is 0.136. The van der Waals surface area contributed by atoms with Crippen LogP contribution in [0.25, 0.3) is 16.9 Å². The van der Waals surface area contributed by atoms with Crippen LogP contribution in [0.5, 0.6) is 5.75 Å². The molecule has 1 amide bonds. The number of carbonyl (C=O) groups excluding carboxylic acids is 1. The minimum atomic E-state index is -0.113. The van der Waals surface area contributed by atoms with Crippen molar-refractivity contribution in [3.63, 3.8) is 0 Å². The van der Waals surface area contributed by atoms with Gasteiger partial charge in [-0.1, -0.05) is 30.3 Å². The van der Waals surface area contributed by atoms with Crippen molar-refractivity contribution in [1.82, 2.24) is 19.7 Å². The molecule has 28 heavy (non-hydrogen) atoms. The van der Waals surface area contributed by atoms with Gasteiger partial charge in [0.25, 0.3) is 5.91 Å². The number of hydrogen-bond acceptors (Lipinski definition) is 4. The number of ether oxygens (including phenoxy) is 1. The highest BCUT2D eigenvalue weighted by atomic mass is 16.5. The highest BCUT2D eigenvalue weighted by Crippen LogP contribution is 2.19. The van der Waals surface area contributed by atoms with Crippen LogP contribution in [0.2, 0.25) is 0 Å². The lowest BCUT2D eigenvalue weighted by Gasteiger charge is -2.07. The van der Waals surface area contributed by atoms with Gasteiger partial charge in [-0.15, -0.1) is 0 Å². The molecule has 4 aromatic rings. The van der Waals surface area contributed by atoms with Gasteiger partial charge in [0.1, 0.15) is 11.4 Å². The molecule has 0 aliphatic heterocycles. The molecule has 3 aromatic heterocycles. The third-order valence-electron chi connectivity index (χ3n) is 4.29. The molecule has 1 aromatic carbocycles. The number of pyridine rings is 2. The zero-order chi connectivity index (χ0) is 19.2. The number of aromatic nitrogens is 3. The third kappa shape index (κ3) is 4.17. The number of nitrogens with one attached hydrogen (secondary N) is 1. The van der Waals surface area contributed by atoms with Crippen LogP contribution in [-0.4, -0.2) is 33.4 Å². The lowest BCUT2D eigenvalue weighted by atomic mass is 10.2. The summed E-state index contributed by atoms with van der Waals surface area (Å²) in [5, 5.41) is 2.92. The fourth-order valence-electron chi connectivity index (χ4n) is 2.87. The van der Waals surface area contributed by atoms with Gasteiger partial charge in [0.05, 0.1) is 24.1 Å². The molecule has 140 valence electrons. The SMILES string of the molecule is O=C(NCCCOc1cccnc1)c1ccc2nc(-c3ccccc3)cn2c1. The smallest absolute Gasteiger partial charge is 0.252 e. The summed E-state index contributed by atoms with van der Waals surface area (Å²) in [6.07, 6.45) is 7.82. The minimum absolute atomic E-state index is 0.113. The van der Waals surface area contributed by atoms with Crippen molar-refractivity contribution < 1.29 is 9.53 Å². The van der Waals surface area contributed by atoms with E-state index in [-0.39, 0.29) is 5.91 Å². The number of carbonyl (C=O) groups is 1. The molecule has 0 unspecified atom stereocenters. The maximum atomic E-state index is 12.4. The van der Waals surface area contributed by atoms with Gasteiger partial charge in [0.15, 0.2) is 0 Å². The van der Waals surface area contributed by atoms with Crippen molar-refractivity contribution in [2.24, 2.45) is 0 Å². The number of benzene rings is 1. The van der Waals surface area contributed by atoms with E-state index in [9.17, 15) is 4.79 Å². The molecule has 0 fully saturated rings. The first-order valence-corrected chi connectivity index (χ1v) is 9.15. The predicted molar refractivity (Wildman–Crippen MR) is 107 cm³/mol. The van der Waals surface area contributed by atoms with Crippen molar-refractivity contribution in [3.8, 4) is 17.0 Å². The zero-order valence-corrected chi connectivity index (χ0v) is 15.3. The standard InChI is InChI=1S/C22H20N4O2/c27-22(24-12-5-13-28-19-8-4-11-23-14-19)18-9-10-21-25-20(16-26(21)15-18)17-6-2-1-3-7-17/h1-4,6-11,14-16H,5,12-13H2,(H,24,27). The molecule has 0 aliphatic carbocycles. The van der Waals surface area contributed by atoms with E-state index in [0.29, 0.717) is 25.1 Å². The number of fused-ring (bicyclic) bond motifs is 1. The van der Waals surface area contributed by atoms with Gasteiger partial charge in [0, 0.05) is 30.7 Å². The second-order valence-electron chi connectivity index (χ2n) is 6.32. The molecular formula is C22H20N4O2. The lowest BCUT2D eigenvalue weighted by molar-refractivity contribution is 0.0951. The highest BCUT2D eigenvalue weighted by Gasteiger charge is 2.09. The van der Waals surface area contributed by atoms with Gasteiger partial charge < -0.3 is 14.5 Å². The quantitative estimate of drug-likeness (QED) is 0.503. The van der Waals surface area contributed by atoms with Crippen molar-refractivity contribution in [1.29, 1.82) is 0 Å². The van der Waals surface area contributed by atoms with E-state index >= 15 is 0 Å². The third-order valence-corrected chi connectivity index (χ3v) is 4.29. The van der Waals surface area contributed by atoms with Crippen molar-refractivity contribution in [2.75, 3.05) is 13.2 Å². The average molecular weight is 372 g/mol. The van der Waals surface area contributed by atoms with Crippen LogP contribution < -0.4 is 10.1 Å². The number of amides is 1. The van der Waals surface area contributed by atoms with Gasteiger partial charge in [0.2, 0.25) is 0 Å². The molecule has 4 rings (SSSR count). The Hall–Kier alpha value is -3.67. The van der Waals surface area contributed by atoms with E-state index in [1.54, 1.807) is 24.7 Å². The summed E-state index contributed by atoms with van der Waals surface area (Å²) in [6.45, 7) is 1.06. The Bertz CT molecular complexity index is 1060. The molecule has 0 saturated carbocycles. The maximum absolute atomic E-state index is 12.4. The molecule has 3 heterocycles. The zero-order valence-electron chi connectivity index (χ0n) is 15.3. The Labute approximate surface area is 162 Å². The summed E-state index contributed by atoms with van der Waals surface area (Å²) < 4.78 is 7.45. The van der Waals surface area contributed by atoms with Crippen molar-refractivity contribution in [2.45, 2.75) is 6.42 Å². The Kier molecular flexibility index (Phi) is 5.29. The van der Waals surface area contributed by atoms with Crippen LogP contribution in [0, 0.1) is 0 Å². The minimum Gasteiger partial charge on any atom is -0.492 e. The molecule has 1 N–H and O–H groups in total. The number of hydrogen-bond donors (Lipinski definition) is 1. The van der Waals surface area contributed by atoms with Crippen LogP contribution in [0.15, 0.2) is 79.4 Å². The molecule has 0 spiro atoms. The lowest BCUT2D eigenvalue weighted by Crippen LogP contribution is -2.25. The van der Waals surface area contributed by atoms with Crippen molar-refractivity contribution >= 4 is 11.6 Å². The van der Waals surface area contributed by atoms with Crippen LogP contribution >= 0.6 is 0 Å². The van der Waals surface area contributed by atoms with Gasteiger partial charge in [-0.3, -0.25) is 9.78 Å². The summed E-state index contributed by atoms with van der Waals surface area (Å²) in [6, 6.07) is 17.3. The molecule has 6 nitrogen and oxygen atoms in total. The molecular weight excluding hydrogens is 352 g/mol. The summed E-state index contributed by atoms with van der Waals surface area (Å²) in [5.41, 5.74) is 3.33. The van der Waals surface area contributed by atoms with Crippen LogP contribution in [0.1, 0.15) is 16.8 Å². The normalized spacial score (nSPS) is 10.7. The number of nitrogens with zero attached hydrogens (tertiary/aromatic N) is 3. The van der Waals surface area contributed by atoms with E-state index in [0.717, 1.165) is 22.7 Å². The van der Waals surface area contributed by atoms with Gasteiger partial charge in [-0.25, -0.2) is 4.98 Å². The molecule has 0 bridgehead atoms. The van der Waals surface area contributed by atoms with E-state index in [2.05, 4.69) is 15.3 Å². The summed E-state index contributed by atoms with van der Waals surface area (Å²) in [4.78, 5) is 21.0. The molecule has 6 heteroatoms. The Balaban J connectivity index is 1.34. The molecule has 0 radical (unpaired) electrons. The number of imidazole rings is 1. The van der Waals surface area contributed by atoms with Crippen molar-refractivity contribution in [3.05, 3.63) is 84.9 Å². The summed E-state index contributed by atoms with van der Waals surface area (Å²) >= 11 is 0. The molecule has 0 aliphatic rings. The van der Waals surface area contributed by atoms with E-state index in [1.165, 1.54) is 0 Å². The van der Waals surface area contributed by atoms with E-state index in [1.807, 2.05) is 59.1 Å². The molecule has 0 saturated heterocycles. The average Bonchev–Trinajstić information content (AvgIpc) is 3.18. The number of rotatable bonds is 7. The van der Waals surface area contributed by atoms with Gasteiger partial charge >= 0.3 is 0 Å². The van der Waals surface area contributed by atoms with E-state index in [4.69, 9.17) is 4.74 Å². The first-order valence-electron chi connectivity index (χ1n) is 9.15. The van der Waals surface area contributed by atoms with Gasteiger partial charge in [-0.2, -0.15) is 0 Å². The first-order chi connectivity index (χ1) is 13.8. The topological polar surface area (TPSA) is 68.5 Å². The Morgan fingerprint density at radius 1 is 1.04 bits per heavy atom. The van der Waals surface area contributed by atoms with Crippen LogP contribution in [-0.2, 0) is 0 Å². The van der Waals surface area contributed by atoms with Crippen LogP contribution in [0.3, 0.4) is 0 Å². The first kappa shape index (κ1) is 17.7. The predicted octanol–water partition coefficient (Wildman–Crippen LogP) is 3.60. The largest absolute Gasteiger partial charge is 0.492 e. The summed E-state index contributed by atoms with van der Waals surface area (Å²) in [7, 11) is 0. The maximum Gasteiger partial charge on any atom is 0.252 e. The fourth-order valence-corrected chi connectivity index (χ4v) is 2.87. The van der Waals surface area contributed by atoms with E-state index < -0.39 is 0 Å². The Morgan fingerprint density at radius 3 is 2.75 bits per heavy atom. The molecule has 0 atom stereocenters. The monoisotopic (exact) mass is 372 g/mol. The van der Waals surface area contributed by atoms with Gasteiger partial charge in [-0.05, 0) is 30.7 Å². The van der Waals surface area contributed by atoms with Crippen LogP contribution in [0.4, 0.5) is 0 Å².